The number of pyridine rings is 1. The molecule has 0 amide bonds. The van der Waals surface area contributed by atoms with Crippen LogP contribution in [0.4, 0.5) is 5.69 Å². The molecule has 3 heterocycles. The summed E-state index contributed by atoms with van der Waals surface area (Å²) in [7, 11) is -3.63. The summed E-state index contributed by atoms with van der Waals surface area (Å²) >= 11 is 0. The van der Waals surface area contributed by atoms with Crippen LogP contribution >= 0.6 is 0 Å². The number of fused-ring (bicyclic) bond motifs is 3. The van der Waals surface area contributed by atoms with Gasteiger partial charge in [-0.15, -0.1) is 0 Å². The Bertz CT molecular complexity index is 1410. The van der Waals surface area contributed by atoms with Gasteiger partial charge < -0.3 is 14.4 Å². The van der Waals surface area contributed by atoms with Gasteiger partial charge >= 0.3 is 0 Å². The number of piperazine rings is 1. The van der Waals surface area contributed by atoms with E-state index in [4.69, 9.17) is 14.5 Å². The summed E-state index contributed by atoms with van der Waals surface area (Å²) in [5.74, 6) is 1.07. The number of anilines is 1. The Morgan fingerprint density at radius 1 is 0.727 bits per heavy atom. The van der Waals surface area contributed by atoms with Crippen LogP contribution in [0.15, 0.2) is 71.6 Å². The summed E-state index contributed by atoms with van der Waals surface area (Å²) in [5, 5.41) is 2.17. The first-order valence-electron chi connectivity index (χ1n) is 11.0. The molecule has 0 radical (unpaired) electrons. The van der Waals surface area contributed by atoms with Gasteiger partial charge in [-0.25, -0.2) is 13.4 Å². The minimum atomic E-state index is -3.63. The second-order valence-corrected chi connectivity index (χ2v) is 10.1. The van der Waals surface area contributed by atoms with Crippen LogP contribution in [0, 0.1) is 0 Å². The third-order valence-electron chi connectivity index (χ3n) is 6.27. The molecule has 0 N–H and O–H groups in total. The van der Waals surface area contributed by atoms with Crippen molar-refractivity contribution in [3.8, 4) is 11.5 Å². The minimum absolute atomic E-state index is 0.236. The van der Waals surface area contributed by atoms with Crippen LogP contribution < -0.4 is 14.4 Å². The fourth-order valence-corrected chi connectivity index (χ4v) is 6.08. The molecule has 8 heteroatoms. The third kappa shape index (κ3) is 3.46. The zero-order valence-electron chi connectivity index (χ0n) is 18.0. The van der Waals surface area contributed by atoms with Crippen molar-refractivity contribution >= 4 is 37.5 Å². The second kappa shape index (κ2) is 7.90. The van der Waals surface area contributed by atoms with Crippen molar-refractivity contribution < 1.29 is 17.9 Å². The lowest BCUT2D eigenvalue weighted by atomic mass is 10.1. The average molecular weight is 462 g/mol. The molecule has 1 saturated heterocycles. The van der Waals surface area contributed by atoms with Crippen LogP contribution in [0.1, 0.15) is 0 Å². The number of rotatable bonds is 3. The molecule has 2 aliphatic heterocycles. The molecule has 0 spiro atoms. The molecule has 4 aromatic rings. The average Bonchev–Trinajstić information content (AvgIpc) is 2.87. The van der Waals surface area contributed by atoms with Crippen LogP contribution in [-0.2, 0) is 10.0 Å². The van der Waals surface area contributed by atoms with Gasteiger partial charge in [0.1, 0.15) is 13.2 Å². The molecule has 3 aromatic carbocycles. The van der Waals surface area contributed by atoms with Crippen LogP contribution in [0.3, 0.4) is 0 Å². The topological polar surface area (TPSA) is 72.0 Å². The van der Waals surface area contributed by atoms with Gasteiger partial charge in [0.2, 0.25) is 10.0 Å². The number of para-hydroxylation sites is 2. The zero-order chi connectivity index (χ0) is 22.4. The normalized spacial score (nSPS) is 16.9. The van der Waals surface area contributed by atoms with Crippen LogP contribution in [0.25, 0.3) is 21.8 Å². The molecule has 0 atom stereocenters. The Morgan fingerprint density at radius 3 is 2.00 bits per heavy atom. The summed E-state index contributed by atoms with van der Waals surface area (Å²) in [4.78, 5) is 7.32. The smallest absolute Gasteiger partial charge is 0.243 e. The van der Waals surface area contributed by atoms with Crippen molar-refractivity contribution in [2.45, 2.75) is 4.90 Å². The Balaban J connectivity index is 1.30. The molecule has 0 bridgehead atoms. The van der Waals surface area contributed by atoms with Gasteiger partial charge in [0.05, 0.1) is 21.6 Å². The van der Waals surface area contributed by atoms with Crippen LogP contribution in [-0.4, -0.2) is 57.1 Å². The number of nitrogens with zero attached hydrogens (tertiary/aromatic N) is 3. The summed E-state index contributed by atoms with van der Waals surface area (Å²) in [6, 6.07) is 21.1. The molecule has 1 fully saturated rings. The second-order valence-electron chi connectivity index (χ2n) is 8.19. The summed E-state index contributed by atoms with van der Waals surface area (Å²) in [6.45, 7) is 2.90. The monoisotopic (exact) mass is 461 g/mol. The highest BCUT2D eigenvalue weighted by Gasteiger charge is 2.31. The van der Waals surface area contributed by atoms with E-state index in [2.05, 4.69) is 17.0 Å². The number of ether oxygens (including phenoxy) is 2. The molecular formula is C25H23N3O4S. The highest BCUT2D eigenvalue weighted by Crippen LogP contribution is 2.36. The van der Waals surface area contributed by atoms with Gasteiger partial charge in [0.15, 0.2) is 11.5 Å². The SMILES string of the molecule is O=S(=O)(c1ccc2c(c1)OCCO2)N1CCN(c2c3ccccc3nc3ccccc23)CC1. The van der Waals surface area contributed by atoms with Crippen molar-refractivity contribution in [3.63, 3.8) is 0 Å². The lowest BCUT2D eigenvalue weighted by Crippen LogP contribution is -2.48. The zero-order valence-corrected chi connectivity index (χ0v) is 18.8. The first kappa shape index (κ1) is 20.3. The van der Waals surface area contributed by atoms with E-state index >= 15 is 0 Å². The number of aromatic nitrogens is 1. The lowest BCUT2D eigenvalue weighted by Gasteiger charge is -2.36. The van der Waals surface area contributed by atoms with E-state index in [0.29, 0.717) is 50.9 Å². The fourth-order valence-electron chi connectivity index (χ4n) is 4.64. The molecule has 1 aromatic heterocycles. The van der Waals surface area contributed by atoms with Gasteiger partial charge in [-0.05, 0) is 24.3 Å². The molecular weight excluding hydrogens is 438 g/mol. The highest BCUT2D eigenvalue weighted by molar-refractivity contribution is 7.89. The van der Waals surface area contributed by atoms with E-state index in [1.165, 1.54) is 0 Å². The van der Waals surface area contributed by atoms with E-state index in [1.807, 2.05) is 36.4 Å². The number of hydrogen-bond acceptors (Lipinski definition) is 6. The van der Waals surface area contributed by atoms with Gasteiger partial charge in [-0.2, -0.15) is 4.31 Å². The van der Waals surface area contributed by atoms with Crippen LogP contribution in [0.5, 0.6) is 11.5 Å². The lowest BCUT2D eigenvalue weighted by molar-refractivity contribution is 0.171. The molecule has 6 rings (SSSR count). The number of hydrogen-bond donors (Lipinski definition) is 0. The van der Waals surface area contributed by atoms with Gasteiger partial charge in [0.25, 0.3) is 0 Å². The molecule has 0 aliphatic carbocycles. The molecule has 2 aliphatic rings. The first-order valence-corrected chi connectivity index (χ1v) is 12.5. The first-order chi connectivity index (χ1) is 16.1. The van der Waals surface area contributed by atoms with Crippen molar-refractivity contribution in [1.29, 1.82) is 0 Å². The van der Waals surface area contributed by atoms with E-state index in [-0.39, 0.29) is 4.90 Å². The maximum Gasteiger partial charge on any atom is 0.243 e. The Labute approximate surface area is 192 Å². The molecule has 168 valence electrons. The Hall–Kier alpha value is -3.36. The van der Waals surface area contributed by atoms with E-state index in [9.17, 15) is 8.42 Å². The third-order valence-corrected chi connectivity index (χ3v) is 8.16. The maximum absolute atomic E-state index is 13.3. The molecule has 0 unspecified atom stereocenters. The van der Waals surface area contributed by atoms with Gasteiger partial charge in [-0.3, -0.25) is 0 Å². The predicted molar refractivity (Wildman–Crippen MR) is 128 cm³/mol. The minimum Gasteiger partial charge on any atom is -0.486 e. The van der Waals surface area contributed by atoms with E-state index in [1.54, 1.807) is 22.5 Å². The summed E-state index contributed by atoms with van der Waals surface area (Å²) < 4.78 is 39.3. The van der Waals surface area contributed by atoms with Crippen molar-refractivity contribution in [3.05, 3.63) is 66.7 Å². The summed E-state index contributed by atoms with van der Waals surface area (Å²) in [6.07, 6.45) is 0. The van der Waals surface area contributed by atoms with Gasteiger partial charge in [0, 0.05) is 43.0 Å². The molecule has 0 saturated carbocycles. The van der Waals surface area contributed by atoms with Gasteiger partial charge in [-0.1, -0.05) is 36.4 Å². The largest absolute Gasteiger partial charge is 0.486 e. The van der Waals surface area contributed by atoms with E-state index in [0.717, 1.165) is 27.5 Å². The van der Waals surface area contributed by atoms with Crippen molar-refractivity contribution in [2.75, 3.05) is 44.3 Å². The highest BCUT2D eigenvalue weighted by atomic mass is 32.2. The van der Waals surface area contributed by atoms with E-state index < -0.39 is 10.0 Å². The number of benzene rings is 3. The standard InChI is InChI=1S/C25H23N3O4S/c29-33(30,18-9-10-23-24(17-18)32-16-15-31-23)28-13-11-27(12-14-28)25-19-5-1-3-7-21(19)26-22-8-4-2-6-20(22)25/h1-10,17H,11-16H2. The van der Waals surface area contributed by atoms with Crippen LogP contribution in [0.2, 0.25) is 0 Å². The predicted octanol–water partition coefficient (Wildman–Crippen LogP) is 3.67. The summed E-state index contributed by atoms with van der Waals surface area (Å²) in [5.41, 5.74) is 3.00. The van der Waals surface area contributed by atoms with Crippen molar-refractivity contribution in [2.24, 2.45) is 0 Å². The Morgan fingerprint density at radius 2 is 1.33 bits per heavy atom. The fraction of sp³-hybridized carbons (Fsp3) is 0.240. The Kier molecular flexibility index (Phi) is 4.85. The maximum atomic E-state index is 13.3. The quantitative estimate of drug-likeness (QED) is 0.434. The number of sulfonamides is 1. The molecule has 7 nitrogen and oxygen atoms in total. The molecule has 33 heavy (non-hydrogen) atoms. The van der Waals surface area contributed by atoms with Crippen molar-refractivity contribution in [1.82, 2.24) is 9.29 Å².